The largest absolute Gasteiger partial charge is 0.469 e. The number of phosphoric acid groups is 1. The smallest absolute Gasteiger partial charge is 0.462 e. The van der Waals surface area contributed by atoms with Crippen molar-refractivity contribution in [2.24, 2.45) is 5.92 Å². The molecular formula is C41H75O9P. The number of aliphatic hydroxyl groups is 1. The maximum absolute atomic E-state index is 12.4. The number of carbonyl (C=O) groups excluding carboxylic acids is 2. The Balaban J connectivity index is 3.98. The predicted molar refractivity (Wildman–Crippen MR) is 208 cm³/mol. The molecule has 0 saturated carbocycles. The minimum absolute atomic E-state index is 0.166. The molecule has 0 radical (unpaired) electrons. The van der Waals surface area contributed by atoms with E-state index in [-0.39, 0.29) is 19.4 Å². The molecule has 0 fully saturated rings. The molecule has 0 bridgehead atoms. The molecule has 0 aliphatic heterocycles. The zero-order chi connectivity index (χ0) is 37.8. The molecule has 0 amide bonds. The second kappa shape index (κ2) is 35.3. The van der Waals surface area contributed by atoms with Crippen LogP contribution in [0.4, 0.5) is 0 Å². The average molecular weight is 743 g/mol. The van der Waals surface area contributed by atoms with Crippen LogP contribution in [-0.4, -0.2) is 52.3 Å². The van der Waals surface area contributed by atoms with Crippen molar-refractivity contribution in [3.05, 3.63) is 36.5 Å². The van der Waals surface area contributed by atoms with E-state index in [0.717, 1.165) is 57.3 Å². The molecule has 0 spiro atoms. The van der Waals surface area contributed by atoms with Crippen molar-refractivity contribution in [1.29, 1.82) is 0 Å². The second-order valence-corrected chi connectivity index (χ2v) is 15.5. The quantitative estimate of drug-likeness (QED) is 0.0188. The number of esters is 2. The van der Waals surface area contributed by atoms with Gasteiger partial charge in [0.05, 0.1) is 12.7 Å². The molecule has 0 aliphatic carbocycles. The first-order valence-electron chi connectivity index (χ1n) is 20.2. The third-order valence-corrected chi connectivity index (χ3v) is 9.17. The molecule has 2 atom stereocenters. The van der Waals surface area contributed by atoms with Gasteiger partial charge in [-0.3, -0.25) is 14.1 Å². The van der Waals surface area contributed by atoms with Gasteiger partial charge in [-0.2, -0.15) is 0 Å². The van der Waals surface area contributed by atoms with Crippen molar-refractivity contribution < 1.29 is 43.0 Å². The number of unbranched alkanes of at least 4 members (excludes halogenated alkanes) is 18. The van der Waals surface area contributed by atoms with Crippen LogP contribution in [-0.2, 0) is 28.2 Å². The van der Waals surface area contributed by atoms with Crippen molar-refractivity contribution in [1.82, 2.24) is 0 Å². The standard InChI is InChI=1S/C41H75O9P/c1-4-5-25-31-38(42)32-27-22-18-14-12-16-20-24-29-34-41(44)50-39(36-49-51(45,46)47)35-48-40(43)33-28-23-19-15-11-9-7-6-8-10-13-17-21-26-30-37(2)3/h5,18,22,25,27,32,37-39,42H,4,6-17,19-21,23-24,26,28-31,33-36H2,1-3H3,(H2,45,46,47)/b22-18+,25-5+,32-27+/t38?,39-/m1/s1. The zero-order valence-electron chi connectivity index (χ0n) is 32.5. The number of ether oxygens (including phenoxy) is 2. The molecule has 0 heterocycles. The van der Waals surface area contributed by atoms with Gasteiger partial charge in [0.2, 0.25) is 0 Å². The van der Waals surface area contributed by atoms with Crippen LogP contribution in [0.3, 0.4) is 0 Å². The normalized spacial score (nSPS) is 13.5. The molecule has 51 heavy (non-hydrogen) atoms. The molecule has 0 aromatic carbocycles. The zero-order valence-corrected chi connectivity index (χ0v) is 33.4. The highest BCUT2D eigenvalue weighted by molar-refractivity contribution is 7.46. The summed E-state index contributed by atoms with van der Waals surface area (Å²) in [6, 6.07) is 0. The summed E-state index contributed by atoms with van der Waals surface area (Å²) in [7, 11) is -4.77. The Bertz CT molecular complexity index is 957. The van der Waals surface area contributed by atoms with Gasteiger partial charge >= 0.3 is 19.8 Å². The summed E-state index contributed by atoms with van der Waals surface area (Å²) < 4.78 is 26.3. The SMILES string of the molecule is CC/C=C/CC(O)/C=C/C=C/CCCCCCCC(=O)O[C@H](COC(=O)CCCCCCCCCCCCCCCCC(C)C)COP(=O)(O)O. The van der Waals surface area contributed by atoms with Gasteiger partial charge in [0.25, 0.3) is 0 Å². The molecule has 0 saturated heterocycles. The number of rotatable bonds is 36. The minimum atomic E-state index is -4.77. The van der Waals surface area contributed by atoms with Gasteiger partial charge in [0, 0.05) is 12.8 Å². The van der Waals surface area contributed by atoms with Gasteiger partial charge in [-0.1, -0.05) is 166 Å². The predicted octanol–water partition coefficient (Wildman–Crippen LogP) is 11.0. The Morgan fingerprint density at radius 1 is 0.647 bits per heavy atom. The van der Waals surface area contributed by atoms with E-state index in [1.54, 1.807) is 6.08 Å². The van der Waals surface area contributed by atoms with Crippen LogP contribution >= 0.6 is 7.82 Å². The summed E-state index contributed by atoms with van der Waals surface area (Å²) in [5.74, 6) is -0.108. The summed E-state index contributed by atoms with van der Waals surface area (Å²) in [6.45, 7) is 5.80. The van der Waals surface area contributed by atoms with Crippen LogP contribution < -0.4 is 0 Å². The third kappa shape index (κ3) is 39.3. The number of aliphatic hydroxyl groups excluding tert-OH is 1. The molecule has 0 aromatic heterocycles. The molecule has 0 aromatic rings. The van der Waals surface area contributed by atoms with Crippen LogP contribution in [0.15, 0.2) is 36.5 Å². The van der Waals surface area contributed by atoms with Crippen molar-refractivity contribution in [3.63, 3.8) is 0 Å². The molecule has 0 rings (SSSR count). The van der Waals surface area contributed by atoms with E-state index in [0.29, 0.717) is 19.3 Å². The topological polar surface area (TPSA) is 140 Å². The Morgan fingerprint density at radius 3 is 1.69 bits per heavy atom. The van der Waals surface area contributed by atoms with E-state index in [4.69, 9.17) is 19.3 Å². The van der Waals surface area contributed by atoms with Crippen LogP contribution in [0, 0.1) is 5.92 Å². The van der Waals surface area contributed by atoms with Crippen molar-refractivity contribution in [3.8, 4) is 0 Å². The molecular weight excluding hydrogens is 667 g/mol. The lowest BCUT2D eigenvalue weighted by molar-refractivity contribution is -0.161. The minimum Gasteiger partial charge on any atom is -0.462 e. The summed E-state index contributed by atoms with van der Waals surface area (Å²) in [4.78, 5) is 42.8. The van der Waals surface area contributed by atoms with Gasteiger partial charge in [0.15, 0.2) is 6.10 Å². The lowest BCUT2D eigenvalue weighted by Crippen LogP contribution is -2.29. The first-order valence-corrected chi connectivity index (χ1v) is 21.8. The van der Waals surface area contributed by atoms with Gasteiger partial charge in [0.1, 0.15) is 6.61 Å². The van der Waals surface area contributed by atoms with E-state index in [2.05, 4.69) is 31.4 Å². The molecule has 10 heteroatoms. The van der Waals surface area contributed by atoms with Crippen molar-refractivity contribution in [2.45, 2.75) is 193 Å². The third-order valence-electron chi connectivity index (χ3n) is 8.68. The number of phosphoric ester groups is 1. The summed E-state index contributed by atoms with van der Waals surface area (Å²) in [6.07, 6.45) is 36.3. The molecule has 298 valence electrons. The van der Waals surface area contributed by atoms with Crippen LogP contribution in [0.5, 0.6) is 0 Å². The number of hydrogen-bond acceptors (Lipinski definition) is 7. The number of hydrogen-bond donors (Lipinski definition) is 3. The molecule has 3 N–H and O–H groups in total. The maximum Gasteiger partial charge on any atom is 0.469 e. The van der Waals surface area contributed by atoms with E-state index < -0.39 is 38.6 Å². The highest BCUT2D eigenvalue weighted by Crippen LogP contribution is 2.36. The van der Waals surface area contributed by atoms with Crippen LogP contribution in [0.2, 0.25) is 0 Å². The fourth-order valence-electron chi connectivity index (χ4n) is 5.65. The van der Waals surface area contributed by atoms with Gasteiger partial charge in [-0.15, -0.1) is 0 Å². The Hall–Kier alpha value is -1.77. The Morgan fingerprint density at radius 2 is 1.16 bits per heavy atom. The van der Waals surface area contributed by atoms with E-state index in [9.17, 15) is 19.3 Å². The average Bonchev–Trinajstić information content (AvgIpc) is 3.07. The molecule has 9 nitrogen and oxygen atoms in total. The first-order chi connectivity index (χ1) is 24.5. The van der Waals surface area contributed by atoms with Crippen LogP contribution in [0.25, 0.3) is 0 Å². The lowest BCUT2D eigenvalue weighted by atomic mass is 10.0. The summed E-state index contributed by atoms with van der Waals surface area (Å²) in [5.41, 5.74) is 0. The Kier molecular flexibility index (Phi) is 34.0. The van der Waals surface area contributed by atoms with Gasteiger partial charge in [-0.05, 0) is 44.4 Å². The van der Waals surface area contributed by atoms with Gasteiger partial charge in [-0.25, -0.2) is 4.57 Å². The van der Waals surface area contributed by atoms with E-state index >= 15 is 0 Å². The monoisotopic (exact) mass is 743 g/mol. The fraction of sp³-hybridized carbons (Fsp3) is 0.805. The molecule has 1 unspecified atom stereocenters. The van der Waals surface area contributed by atoms with Crippen molar-refractivity contribution >= 4 is 19.8 Å². The summed E-state index contributed by atoms with van der Waals surface area (Å²) >= 11 is 0. The first kappa shape index (κ1) is 49.2. The van der Waals surface area contributed by atoms with E-state index in [1.165, 1.54) is 77.0 Å². The highest BCUT2D eigenvalue weighted by Gasteiger charge is 2.22. The van der Waals surface area contributed by atoms with E-state index in [1.807, 2.05) is 24.3 Å². The molecule has 0 aliphatic rings. The van der Waals surface area contributed by atoms with Gasteiger partial charge < -0.3 is 24.4 Å². The maximum atomic E-state index is 12.4. The Labute approximate surface area is 311 Å². The lowest BCUT2D eigenvalue weighted by Gasteiger charge is -2.18. The van der Waals surface area contributed by atoms with Crippen LogP contribution in [0.1, 0.15) is 181 Å². The van der Waals surface area contributed by atoms with Crippen molar-refractivity contribution in [2.75, 3.05) is 13.2 Å². The summed E-state index contributed by atoms with van der Waals surface area (Å²) in [5, 5.41) is 9.84. The highest BCUT2D eigenvalue weighted by atomic mass is 31.2. The fourth-order valence-corrected chi connectivity index (χ4v) is 6.01. The second-order valence-electron chi connectivity index (χ2n) is 14.3. The number of allylic oxidation sites excluding steroid dienone is 4. The number of carbonyl (C=O) groups is 2.